The molecule has 1 N–H and O–H groups in total. The van der Waals surface area contributed by atoms with Gasteiger partial charge in [0.2, 0.25) is 5.95 Å². The molecular formula is C17H24N6OS. The molecule has 2 fully saturated rings. The van der Waals surface area contributed by atoms with Crippen LogP contribution in [0.1, 0.15) is 18.5 Å². The number of likely N-dealkylation sites (tertiary alicyclic amines) is 1. The number of hydrogen-bond acceptors (Lipinski definition) is 8. The first-order valence-electron chi connectivity index (χ1n) is 8.88. The minimum Gasteiger partial charge on any atom is -0.378 e. The molecule has 4 heterocycles. The van der Waals surface area contributed by atoms with Gasteiger partial charge in [0.15, 0.2) is 0 Å². The maximum Gasteiger partial charge on any atom is 0.227 e. The van der Waals surface area contributed by atoms with Gasteiger partial charge in [-0.2, -0.15) is 4.98 Å². The third kappa shape index (κ3) is 4.45. The van der Waals surface area contributed by atoms with Gasteiger partial charge in [-0.3, -0.25) is 4.90 Å². The molecule has 8 heteroatoms. The summed E-state index contributed by atoms with van der Waals surface area (Å²) in [5.41, 5.74) is 3.09. The summed E-state index contributed by atoms with van der Waals surface area (Å²) in [5, 5.41) is 5.73. The lowest BCUT2D eigenvalue weighted by Crippen LogP contribution is -2.39. The Morgan fingerprint density at radius 3 is 2.76 bits per heavy atom. The molecule has 134 valence electrons. The Morgan fingerprint density at radius 2 is 2.00 bits per heavy atom. The predicted molar refractivity (Wildman–Crippen MR) is 99.1 cm³/mol. The first kappa shape index (κ1) is 16.7. The van der Waals surface area contributed by atoms with Gasteiger partial charge >= 0.3 is 0 Å². The van der Waals surface area contributed by atoms with Crippen LogP contribution in [-0.2, 0) is 11.3 Å². The second-order valence-corrected chi connectivity index (χ2v) is 7.23. The summed E-state index contributed by atoms with van der Waals surface area (Å²) in [6.07, 6.45) is 4.10. The van der Waals surface area contributed by atoms with Crippen LogP contribution in [0, 0.1) is 0 Å². The largest absolute Gasteiger partial charge is 0.378 e. The van der Waals surface area contributed by atoms with Gasteiger partial charge in [-0.15, -0.1) is 11.3 Å². The van der Waals surface area contributed by atoms with Gasteiger partial charge < -0.3 is 15.0 Å². The number of rotatable bonds is 5. The Morgan fingerprint density at radius 1 is 1.16 bits per heavy atom. The van der Waals surface area contributed by atoms with Crippen molar-refractivity contribution in [3.05, 3.63) is 28.8 Å². The van der Waals surface area contributed by atoms with Crippen molar-refractivity contribution in [3.8, 4) is 0 Å². The Bertz CT molecular complexity index is 653. The van der Waals surface area contributed by atoms with E-state index in [1.807, 2.05) is 17.8 Å². The summed E-state index contributed by atoms with van der Waals surface area (Å²) in [5.74, 6) is 1.73. The number of nitrogens with one attached hydrogen (secondary N) is 1. The zero-order valence-corrected chi connectivity index (χ0v) is 15.1. The topological polar surface area (TPSA) is 66.4 Å². The van der Waals surface area contributed by atoms with Crippen molar-refractivity contribution in [1.29, 1.82) is 0 Å². The summed E-state index contributed by atoms with van der Waals surface area (Å²) in [4.78, 5) is 18.2. The highest BCUT2D eigenvalue weighted by atomic mass is 32.1. The van der Waals surface area contributed by atoms with Crippen molar-refractivity contribution in [1.82, 2.24) is 19.9 Å². The molecule has 0 bridgehead atoms. The minimum absolute atomic E-state index is 0.471. The molecule has 2 aliphatic rings. The van der Waals surface area contributed by atoms with Crippen LogP contribution in [0.3, 0.4) is 0 Å². The predicted octanol–water partition coefficient (Wildman–Crippen LogP) is 1.85. The van der Waals surface area contributed by atoms with Crippen LogP contribution in [-0.4, -0.2) is 65.3 Å². The molecule has 0 spiro atoms. The van der Waals surface area contributed by atoms with Crippen molar-refractivity contribution in [3.63, 3.8) is 0 Å². The second-order valence-electron chi connectivity index (χ2n) is 6.52. The van der Waals surface area contributed by atoms with Gasteiger partial charge in [0, 0.05) is 50.3 Å². The summed E-state index contributed by atoms with van der Waals surface area (Å²) in [6.45, 7) is 6.37. The summed E-state index contributed by atoms with van der Waals surface area (Å²) in [7, 11) is 0. The van der Waals surface area contributed by atoms with Gasteiger partial charge in [0.05, 0.1) is 24.4 Å². The molecule has 0 unspecified atom stereocenters. The van der Waals surface area contributed by atoms with Crippen LogP contribution < -0.4 is 10.2 Å². The van der Waals surface area contributed by atoms with E-state index in [0.717, 1.165) is 70.5 Å². The van der Waals surface area contributed by atoms with E-state index >= 15 is 0 Å². The third-order valence-electron chi connectivity index (χ3n) is 4.75. The molecule has 2 aromatic rings. The molecule has 2 saturated heterocycles. The van der Waals surface area contributed by atoms with E-state index in [1.165, 1.54) is 5.69 Å². The molecule has 25 heavy (non-hydrogen) atoms. The smallest absolute Gasteiger partial charge is 0.227 e. The number of anilines is 2. The lowest BCUT2D eigenvalue weighted by molar-refractivity contribution is 0.122. The molecular weight excluding hydrogens is 336 g/mol. The summed E-state index contributed by atoms with van der Waals surface area (Å²) >= 11 is 1.67. The lowest BCUT2D eigenvalue weighted by atomic mass is 10.0. The van der Waals surface area contributed by atoms with Crippen molar-refractivity contribution in [2.75, 3.05) is 49.6 Å². The second kappa shape index (κ2) is 8.07. The Kier molecular flexibility index (Phi) is 5.39. The third-order valence-corrected chi connectivity index (χ3v) is 5.38. The van der Waals surface area contributed by atoms with Crippen LogP contribution >= 0.6 is 11.3 Å². The summed E-state index contributed by atoms with van der Waals surface area (Å²) < 4.78 is 5.40. The first-order valence-corrected chi connectivity index (χ1v) is 9.83. The van der Waals surface area contributed by atoms with E-state index in [0.29, 0.717) is 6.04 Å². The number of ether oxygens (including phenoxy) is 1. The van der Waals surface area contributed by atoms with E-state index in [4.69, 9.17) is 9.72 Å². The highest BCUT2D eigenvalue weighted by Crippen LogP contribution is 2.19. The van der Waals surface area contributed by atoms with Gasteiger partial charge in [-0.05, 0) is 18.9 Å². The average molecular weight is 360 g/mol. The fourth-order valence-corrected chi connectivity index (χ4v) is 3.88. The molecule has 0 aliphatic carbocycles. The van der Waals surface area contributed by atoms with E-state index in [1.54, 1.807) is 11.3 Å². The van der Waals surface area contributed by atoms with E-state index in [-0.39, 0.29) is 0 Å². The van der Waals surface area contributed by atoms with Crippen molar-refractivity contribution >= 4 is 23.1 Å². The van der Waals surface area contributed by atoms with E-state index < -0.39 is 0 Å². The molecule has 4 rings (SSSR count). The van der Waals surface area contributed by atoms with Gasteiger partial charge in [-0.1, -0.05) is 0 Å². The van der Waals surface area contributed by atoms with Gasteiger partial charge in [0.1, 0.15) is 5.82 Å². The molecule has 0 amide bonds. The molecule has 0 saturated carbocycles. The number of thiazole rings is 1. The number of nitrogens with zero attached hydrogens (tertiary/aromatic N) is 5. The number of piperidine rings is 1. The van der Waals surface area contributed by atoms with Gasteiger partial charge in [-0.25, -0.2) is 9.97 Å². The molecule has 7 nitrogen and oxygen atoms in total. The molecule has 0 aromatic carbocycles. The van der Waals surface area contributed by atoms with Crippen LogP contribution in [0.5, 0.6) is 0 Å². The Hall–Kier alpha value is -1.77. The monoisotopic (exact) mass is 360 g/mol. The highest BCUT2D eigenvalue weighted by molar-refractivity contribution is 7.07. The fraction of sp³-hybridized carbons (Fsp3) is 0.588. The number of morpholine rings is 1. The zero-order valence-electron chi connectivity index (χ0n) is 14.3. The normalized spacial score (nSPS) is 19.9. The Balaban J connectivity index is 1.29. The minimum atomic E-state index is 0.471. The van der Waals surface area contributed by atoms with Crippen LogP contribution in [0.4, 0.5) is 11.8 Å². The van der Waals surface area contributed by atoms with E-state index in [2.05, 4.69) is 30.5 Å². The van der Waals surface area contributed by atoms with Crippen LogP contribution in [0.2, 0.25) is 0 Å². The van der Waals surface area contributed by atoms with E-state index in [9.17, 15) is 0 Å². The zero-order chi connectivity index (χ0) is 16.9. The SMILES string of the molecule is c1cc(NC2CCN(Cc3cscn3)CC2)nc(N2CCOCC2)n1. The fourth-order valence-electron chi connectivity index (χ4n) is 3.33. The van der Waals surface area contributed by atoms with Crippen molar-refractivity contribution in [2.45, 2.75) is 25.4 Å². The molecule has 0 radical (unpaired) electrons. The van der Waals surface area contributed by atoms with Gasteiger partial charge in [0.25, 0.3) is 0 Å². The number of aromatic nitrogens is 3. The maximum absolute atomic E-state index is 5.40. The quantitative estimate of drug-likeness (QED) is 0.873. The highest BCUT2D eigenvalue weighted by Gasteiger charge is 2.20. The first-order chi connectivity index (χ1) is 12.4. The number of hydrogen-bond donors (Lipinski definition) is 1. The molecule has 0 atom stereocenters. The van der Waals surface area contributed by atoms with Crippen LogP contribution in [0.15, 0.2) is 23.2 Å². The van der Waals surface area contributed by atoms with Crippen molar-refractivity contribution < 1.29 is 4.74 Å². The van der Waals surface area contributed by atoms with Crippen molar-refractivity contribution in [2.24, 2.45) is 0 Å². The average Bonchev–Trinajstić information content (AvgIpc) is 3.17. The maximum atomic E-state index is 5.40. The van der Waals surface area contributed by atoms with Crippen LogP contribution in [0.25, 0.3) is 0 Å². The molecule has 2 aromatic heterocycles. The molecule has 2 aliphatic heterocycles. The standard InChI is InChI=1S/C17H24N6OS/c1-4-18-17(23-7-9-24-10-8-23)21-16(1)20-14-2-5-22(6-3-14)11-15-12-25-13-19-15/h1,4,12-14H,2-3,5-11H2,(H,18,20,21). The summed E-state index contributed by atoms with van der Waals surface area (Å²) in [6, 6.07) is 2.44. The Labute approximate surface area is 152 Å². The lowest BCUT2D eigenvalue weighted by Gasteiger charge is -2.32.